The molecule has 4 aromatic carbocycles. The van der Waals surface area contributed by atoms with Crippen molar-refractivity contribution in [3.05, 3.63) is 130 Å². The Balaban J connectivity index is 1.68. The number of para-hydroxylation sites is 1. The quantitative estimate of drug-likeness (QED) is 0.161. The van der Waals surface area contributed by atoms with Gasteiger partial charge >= 0.3 is 6.18 Å². The van der Waals surface area contributed by atoms with Crippen LogP contribution in [0.15, 0.2) is 97.1 Å². The van der Waals surface area contributed by atoms with E-state index in [1.807, 2.05) is 0 Å². The standard InChI is InChI=1S/C30H18ClF4NO2/c31-21-14-13-20(24(32)16-21)17-38-22-10-6-9-19(15-22)26-23-11-4-5-12-25(23)36-29(30(33,34)35)27(26)28(37)18-7-2-1-3-8-18/h1-16H,17H2. The molecule has 0 radical (unpaired) electrons. The fourth-order valence-electron chi connectivity index (χ4n) is 4.21. The molecule has 5 aromatic rings. The number of fused-ring (bicyclic) bond motifs is 1. The molecule has 0 atom stereocenters. The molecule has 8 heteroatoms. The number of alkyl halides is 3. The summed E-state index contributed by atoms with van der Waals surface area (Å²) < 4.78 is 62.9. The Morgan fingerprint density at radius 3 is 2.34 bits per heavy atom. The van der Waals surface area contributed by atoms with Gasteiger partial charge in [-0.15, -0.1) is 0 Å². The van der Waals surface area contributed by atoms with E-state index >= 15 is 0 Å². The zero-order valence-corrected chi connectivity index (χ0v) is 20.4. The molecule has 0 bridgehead atoms. The van der Waals surface area contributed by atoms with Gasteiger partial charge in [-0.05, 0) is 35.9 Å². The molecule has 0 saturated carbocycles. The van der Waals surface area contributed by atoms with Crippen LogP contribution in [0.1, 0.15) is 27.2 Å². The van der Waals surface area contributed by atoms with E-state index in [0.29, 0.717) is 10.9 Å². The van der Waals surface area contributed by atoms with Crippen molar-refractivity contribution >= 4 is 28.3 Å². The van der Waals surface area contributed by atoms with Crippen molar-refractivity contribution in [2.75, 3.05) is 0 Å². The largest absolute Gasteiger partial charge is 0.489 e. The molecule has 0 spiro atoms. The molecule has 0 saturated heterocycles. The fraction of sp³-hybridized carbons (Fsp3) is 0.0667. The summed E-state index contributed by atoms with van der Waals surface area (Å²) in [5.74, 6) is -1.07. The number of nitrogens with zero attached hydrogens (tertiary/aromatic N) is 1. The van der Waals surface area contributed by atoms with Crippen LogP contribution in [-0.2, 0) is 12.8 Å². The first-order valence-electron chi connectivity index (χ1n) is 11.5. The SMILES string of the molecule is O=C(c1ccccc1)c1c(C(F)(F)F)nc2ccccc2c1-c1cccc(OCc2ccc(Cl)cc2F)c1. The Kier molecular flexibility index (Phi) is 6.87. The fourth-order valence-corrected chi connectivity index (χ4v) is 4.37. The predicted octanol–water partition coefficient (Wildman–Crippen LogP) is 8.52. The summed E-state index contributed by atoms with van der Waals surface area (Å²) >= 11 is 5.81. The maximum Gasteiger partial charge on any atom is 0.434 e. The number of aromatic nitrogens is 1. The number of halogens is 5. The minimum absolute atomic E-state index is 0.0832. The van der Waals surface area contributed by atoms with Gasteiger partial charge in [-0.3, -0.25) is 4.79 Å². The van der Waals surface area contributed by atoms with E-state index in [1.165, 1.54) is 42.5 Å². The molecule has 0 amide bonds. The van der Waals surface area contributed by atoms with Crippen molar-refractivity contribution in [3.63, 3.8) is 0 Å². The maximum atomic E-state index is 14.3. The molecule has 0 aliphatic rings. The highest BCUT2D eigenvalue weighted by molar-refractivity contribution is 6.30. The van der Waals surface area contributed by atoms with Crippen LogP contribution in [0.3, 0.4) is 0 Å². The summed E-state index contributed by atoms with van der Waals surface area (Å²) in [5.41, 5.74) is -0.968. The highest BCUT2D eigenvalue weighted by Crippen LogP contribution is 2.41. The van der Waals surface area contributed by atoms with E-state index < -0.39 is 29.0 Å². The van der Waals surface area contributed by atoms with Crippen LogP contribution in [0.25, 0.3) is 22.0 Å². The molecular weight excluding hydrogens is 518 g/mol. The van der Waals surface area contributed by atoms with Crippen LogP contribution in [-0.4, -0.2) is 10.8 Å². The average Bonchev–Trinajstić information content (AvgIpc) is 2.91. The average molecular weight is 536 g/mol. The second kappa shape index (κ2) is 10.3. The van der Waals surface area contributed by atoms with Gasteiger partial charge in [0.2, 0.25) is 0 Å². The summed E-state index contributed by atoms with van der Waals surface area (Å²) in [6, 6.07) is 24.6. The Hall–Kier alpha value is -4.23. The first-order valence-corrected chi connectivity index (χ1v) is 11.9. The van der Waals surface area contributed by atoms with E-state index in [2.05, 4.69) is 4.98 Å². The van der Waals surface area contributed by atoms with E-state index in [4.69, 9.17) is 16.3 Å². The summed E-state index contributed by atoms with van der Waals surface area (Å²) in [6.07, 6.45) is -4.89. The molecule has 1 aromatic heterocycles. The zero-order chi connectivity index (χ0) is 26.9. The third-order valence-electron chi connectivity index (χ3n) is 5.96. The van der Waals surface area contributed by atoms with E-state index in [9.17, 15) is 22.4 Å². The predicted molar refractivity (Wildman–Crippen MR) is 138 cm³/mol. The number of pyridine rings is 1. The van der Waals surface area contributed by atoms with Crippen molar-refractivity contribution in [1.82, 2.24) is 4.98 Å². The Morgan fingerprint density at radius 2 is 1.61 bits per heavy atom. The van der Waals surface area contributed by atoms with Crippen LogP contribution in [0.5, 0.6) is 5.75 Å². The van der Waals surface area contributed by atoms with Crippen molar-refractivity contribution in [2.24, 2.45) is 0 Å². The minimum Gasteiger partial charge on any atom is -0.489 e. The Bertz CT molecular complexity index is 1650. The van der Waals surface area contributed by atoms with Crippen molar-refractivity contribution in [2.45, 2.75) is 12.8 Å². The minimum atomic E-state index is -4.89. The molecule has 38 heavy (non-hydrogen) atoms. The van der Waals surface area contributed by atoms with Crippen LogP contribution in [0.2, 0.25) is 5.02 Å². The lowest BCUT2D eigenvalue weighted by Gasteiger charge is -2.19. The van der Waals surface area contributed by atoms with Gasteiger partial charge in [0.15, 0.2) is 11.5 Å². The Labute approximate surface area is 220 Å². The lowest BCUT2D eigenvalue weighted by atomic mass is 9.89. The number of carbonyl (C=O) groups excluding carboxylic acids is 1. The number of rotatable bonds is 6. The maximum absolute atomic E-state index is 14.3. The summed E-state index contributed by atoms with van der Waals surface area (Å²) in [5, 5.41) is 0.620. The van der Waals surface area contributed by atoms with Gasteiger partial charge in [-0.25, -0.2) is 9.37 Å². The van der Waals surface area contributed by atoms with E-state index in [-0.39, 0.29) is 39.6 Å². The van der Waals surface area contributed by atoms with Crippen LogP contribution < -0.4 is 4.74 Å². The topological polar surface area (TPSA) is 39.2 Å². The Morgan fingerprint density at radius 1 is 0.868 bits per heavy atom. The molecule has 0 unspecified atom stereocenters. The third kappa shape index (κ3) is 5.10. The van der Waals surface area contributed by atoms with Gasteiger partial charge in [-0.1, -0.05) is 78.3 Å². The monoisotopic (exact) mass is 535 g/mol. The number of benzene rings is 4. The summed E-state index contributed by atoms with van der Waals surface area (Å²) in [4.78, 5) is 17.5. The molecule has 0 fully saturated rings. The van der Waals surface area contributed by atoms with Crippen LogP contribution in [0, 0.1) is 5.82 Å². The van der Waals surface area contributed by atoms with Gasteiger partial charge in [0.1, 0.15) is 18.2 Å². The molecule has 0 aliphatic heterocycles. The first kappa shape index (κ1) is 25.4. The van der Waals surface area contributed by atoms with Gasteiger partial charge in [0, 0.05) is 27.1 Å². The number of hydrogen-bond acceptors (Lipinski definition) is 3. The molecule has 5 rings (SSSR count). The lowest BCUT2D eigenvalue weighted by molar-refractivity contribution is -0.141. The molecule has 0 aliphatic carbocycles. The molecule has 1 heterocycles. The molecule has 3 nitrogen and oxygen atoms in total. The number of ketones is 1. The van der Waals surface area contributed by atoms with Gasteiger partial charge < -0.3 is 4.74 Å². The highest BCUT2D eigenvalue weighted by Gasteiger charge is 2.40. The second-order valence-electron chi connectivity index (χ2n) is 8.47. The molecular formula is C30H18ClF4NO2. The van der Waals surface area contributed by atoms with Gasteiger partial charge in [0.05, 0.1) is 11.1 Å². The summed E-state index contributed by atoms with van der Waals surface area (Å²) in [6.45, 7) is -0.132. The van der Waals surface area contributed by atoms with Crippen molar-refractivity contribution in [1.29, 1.82) is 0 Å². The van der Waals surface area contributed by atoms with Gasteiger partial charge in [0.25, 0.3) is 0 Å². The van der Waals surface area contributed by atoms with Crippen LogP contribution >= 0.6 is 11.6 Å². The van der Waals surface area contributed by atoms with E-state index in [0.717, 1.165) is 0 Å². The number of carbonyl (C=O) groups is 1. The van der Waals surface area contributed by atoms with Crippen molar-refractivity contribution in [3.8, 4) is 16.9 Å². The number of ether oxygens (including phenoxy) is 1. The summed E-state index contributed by atoms with van der Waals surface area (Å²) in [7, 11) is 0. The van der Waals surface area contributed by atoms with Crippen LogP contribution in [0.4, 0.5) is 17.6 Å². The molecule has 190 valence electrons. The van der Waals surface area contributed by atoms with Crippen molar-refractivity contribution < 1.29 is 27.1 Å². The highest BCUT2D eigenvalue weighted by atomic mass is 35.5. The first-order chi connectivity index (χ1) is 18.2. The van der Waals surface area contributed by atoms with E-state index in [1.54, 1.807) is 54.6 Å². The molecule has 0 N–H and O–H groups in total. The second-order valence-corrected chi connectivity index (χ2v) is 8.91. The van der Waals surface area contributed by atoms with Gasteiger partial charge in [-0.2, -0.15) is 13.2 Å². The number of hydrogen-bond donors (Lipinski definition) is 0. The lowest BCUT2D eigenvalue weighted by Crippen LogP contribution is -2.18. The smallest absolute Gasteiger partial charge is 0.434 e. The normalized spacial score (nSPS) is 11.5. The third-order valence-corrected chi connectivity index (χ3v) is 6.19. The zero-order valence-electron chi connectivity index (χ0n) is 19.6.